The van der Waals surface area contributed by atoms with Gasteiger partial charge in [0.15, 0.2) is 5.69 Å². The maximum Gasteiger partial charge on any atom is 0.287 e. The maximum absolute atomic E-state index is 11.2. The highest BCUT2D eigenvalue weighted by molar-refractivity contribution is 5.91. The Bertz CT molecular complexity index is 472. The van der Waals surface area contributed by atoms with Gasteiger partial charge in [-0.15, -0.1) is 5.10 Å². The van der Waals surface area contributed by atoms with E-state index in [0.717, 1.165) is 19.4 Å². The lowest BCUT2D eigenvalue weighted by Gasteiger charge is -2.21. The highest BCUT2D eigenvalue weighted by Gasteiger charge is 2.28. The van der Waals surface area contributed by atoms with E-state index in [2.05, 4.69) is 10.3 Å². The van der Waals surface area contributed by atoms with Gasteiger partial charge in [0.2, 0.25) is 5.91 Å². The molecule has 0 bridgehead atoms. The molecule has 0 radical (unpaired) electrons. The summed E-state index contributed by atoms with van der Waals surface area (Å²) in [5.41, 5.74) is 7.49. The summed E-state index contributed by atoms with van der Waals surface area (Å²) in [6, 6.07) is -0.199. The average Bonchev–Trinajstić information content (AvgIpc) is 3.04. The molecule has 1 aromatic rings. The minimum atomic E-state index is -0.484. The lowest BCUT2D eigenvalue weighted by atomic mass is 10.2. The number of hydrogen-bond acceptors (Lipinski definition) is 6. The lowest BCUT2D eigenvalue weighted by molar-refractivity contribution is -0.122. The minimum Gasteiger partial charge on any atom is -0.368 e. The fraction of sp³-hybridized carbons (Fsp3) is 0.600. The predicted molar refractivity (Wildman–Crippen MR) is 65.5 cm³/mol. The van der Waals surface area contributed by atoms with Gasteiger partial charge in [-0.2, -0.15) is 0 Å². The molecule has 1 atom stereocenters. The van der Waals surface area contributed by atoms with Crippen LogP contribution in [-0.2, 0) is 11.3 Å². The first-order valence-electron chi connectivity index (χ1n) is 6.06. The van der Waals surface area contributed by atoms with E-state index < -0.39 is 5.91 Å². The quantitative estimate of drug-likeness (QED) is 0.316. The van der Waals surface area contributed by atoms with Crippen molar-refractivity contribution in [3.05, 3.63) is 11.9 Å². The zero-order chi connectivity index (χ0) is 13.8. The smallest absolute Gasteiger partial charge is 0.287 e. The van der Waals surface area contributed by atoms with Crippen molar-refractivity contribution >= 4 is 11.8 Å². The Hall–Kier alpha value is -2.00. The third kappa shape index (κ3) is 3.06. The first-order chi connectivity index (χ1) is 9.11. The summed E-state index contributed by atoms with van der Waals surface area (Å²) < 4.78 is 1.54. The average molecular weight is 267 g/mol. The molecule has 19 heavy (non-hydrogen) atoms. The van der Waals surface area contributed by atoms with Crippen LogP contribution in [0.1, 0.15) is 23.3 Å². The van der Waals surface area contributed by atoms with Crippen LogP contribution >= 0.6 is 0 Å². The summed E-state index contributed by atoms with van der Waals surface area (Å²) in [5, 5.41) is 7.52. The molecular weight excluding hydrogens is 250 g/mol. The van der Waals surface area contributed by atoms with E-state index in [9.17, 15) is 9.59 Å². The predicted octanol–water partition coefficient (Wildman–Crippen LogP) is -2.17. The van der Waals surface area contributed by atoms with Gasteiger partial charge in [-0.1, -0.05) is 5.21 Å². The van der Waals surface area contributed by atoms with Crippen LogP contribution in [0, 0.1) is 0 Å². The number of hydrazine groups is 1. The van der Waals surface area contributed by atoms with Gasteiger partial charge in [0.05, 0.1) is 18.8 Å². The van der Waals surface area contributed by atoms with E-state index in [0.29, 0.717) is 13.1 Å². The number of primary amides is 1. The fourth-order valence-corrected chi connectivity index (χ4v) is 2.23. The van der Waals surface area contributed by atoms with Crippen molar-refractivity contribution in [2.75, 3.05) is 13.1 Å². The largest absolute Gasteiger partial charge is 0.368 e. The molecule has 2 amide bonds. The molecule has 104 valence electrons. The Labute approximate surface area is 109 Å². The van der Waals surface area contributed by atoms with E-state index in [1.165, 1.54) is 6.20 Å². The maximum atomic E-state index is 11.2. The summed E-state index contributed by atoms with van der Waals surface area (Å²) in [4.78, 5) is 24.5. The van der Waals surface area contributed by atoms with Crippen molar-refractivity contribution in [2.45, 2.75) is 25.4 Å². The van der Waals surface area contributed by atoms with Crippen LogP contribution in [0.15, 0.2) is 6.20 Å². The standard InChI is InChI=1S/C10H17N7O2/c11-9(18)8-2-1-3-16(8)4-5-17-6-7(14-15-17)10(19)13-12/h6,8H,1-5,12H2,(H2,11,18)(H,13,19). The van der Waals surface area contributed by atoms with Crippen LogP contribution in [0.5, 0.6) is 0 Å². The van der Waals surface area contributed by atoms with Crippen molar-refractivity contribution in [1.29, 1.82) is 0 Å². The van der Waals surface area contributed by atoms with Crippen LogP contribution in [0.4, 0.5) is 0 Å². The Balaban J connectivity index is 1.90. The highest BCUT2D eigenvalue weighted by Crippen LogP contribution is 2.16. The molecule has 1 aliphatic heterocycles. The molecule has 0 spiro atoms. The molecule has 9 nitrogen and oxygen atoms in total. The zero-order valence-electron chi connectivity index (χ0n) is 10.5. The van der Waals surface area contributed by atoms with Gasteiger partial charge in [-0.05, 0) is 19.4 Å². The van der Waals surface area contributed by atoms with Crippen molar-refractivity contribution in [1.82, 2.24) is 25.3 Å². The number of carbonyl (C=O) groups excluding carboxylic acids is 2. The molecule has 1 saturated heterocycles. The molecule has 0 aliphatic carbocycles. The number of likely N-dealkylation sites (tertiary alicyclic amines) is 1. The third-order valence-electron chi connectivity index (χ3n) is 3.21. The molecule has 1 unspecified atom stereocenters. The number of nitrogens with one attached hydrogen (secondary N) is 1. The monoisotopic (exact) mass is 267 g/mol. The minimum absolute atomic E-state index is 0.162. The normalized spacial score (nSPS) is 19.5. The number of hydrogen-bond donors (Lipinski definition) is 3. The highest BCUT2D eigenvalue weighted by atomic mass is 16.2. The molecule has 2 rings (SSSR count). The summed E-state index contributed by atoms with van der Waals surface area (Å²) >= 11 is 0. The van der Waals surface area contributed by atoms with E-state index in [-0.39, 0.29) is 17.6 Å². The molecule has 0 saturated carbocycles. The SMILES string of the molecule is NNC(=O)c1cn(CCN2CCCC2C(N)=O)nn1. The second kappa shape index (κ2) is 5.76. The molecule has 0 aromatic carbocycles. The molecule has 9 heteroatoms. The van der Waals surface area contributed by atoms with E-state index >= 15 is 0 Å². The first kappa shape index (κ1) is 13.4. The Morgan fingerprint density at radius 3 is 2.95 bits per heavy atom. The summed E-state index contributed by atoms with van der Waals surface area (Å²) in [5.74, 6) is 4.23. The molecule has 1 aromatic heterocycles. The number of amides is 2. The van der Waals surface area contributed by atoms with Crippen LogP contribution < -0.4 is 17.0 Å². The lowest BCUT2D eigenvalue weighted by Crippen LogP contribution is -2.41. The zero-order valence-corrected chi connectivity index (χ0v) is 10.5. The van der Waals surface area contributed by atoms with Crippen LogP contribution in [0.25, 0.3) is 0 Å². The van der Waals surface area contributed by atoms with E-state index in [4.69, 9.17) is 11.6 Å². The molecule has 1 fully saturated rings. The number of nitrogen functional groups attached to an aromatic ring is 1. The first-order valence-corrected chi connectivity index (χ1v) is 6.06. The van der Waals surface area contributed by atoms with Gasteiger partial charge in [0.25, 0.3) is 5.91 Å². The van der Waals surface area contributed by atoms with Crippen molar-refractivity contribution in [2.24, 2.45) is 11.6 Å². The Morgan fingerprint density at radius 2 is 2.26 bits per heavy atom. The topological polar surface area (TPSA) is 132 Å². The van der Waals surface area contributed by atoms with Crippen molar-refractivity contribution < 1.29 is 9.59 Å². The van der Waals surface area contributed by atoms with E-state index in [1.54, 1.807) is 4.68 Å². The van der Waals surface area contributed by atoms with Crippen LogP contribution in [0.3, 0.4) is 0 Å². The summed E-state index contributed by atoms with van der Waals surface area (Å²) in [6.45, 7) is 2.02. The van der Waals surface area contributed by atoms with Gasteiger partial charge in [-0.25, -0.2) is 5.84 Å². The number of rotatable bonds is 5. The Morgan fingerprint density at radius 1 is 1.47 bits per heavy atom. The third-order valence-corrected chi connectivity index (χ3v) is 3.21. The van der Waals surface area contributed by atoms with Gasteiger partial charge in [-0.3, -0.25) is 24.6 Å². The summed E-state index contributed by atoms with van der Waals surface area (Å²) in [6.07, 6.45) is 3.27. The van der Waals surface area contributed by atoms with Crippen LogP contribution in [0.2, 0.25) is 0 Å². The second-order valence-electron chi connectivity index (χ2n) is 4.44. The Kier molecular flexibility index (Phi) is 4.07. The number of nitrogens with two attached hydrogens (primary N) is 2. The van der Waals surface area contributed by atoms with Crippen molar-refractivity contribution in [3.63, 3.8) is 0 Å². The number of nitrogens with zero attached hydrogens (tertiary/aromatic N) is 4. The molecule has 5 N–H and O–H groups in total. The van der Waals surface area contributed by atoms with Gasteiger partial charge >= 0.3 is 0 Å². The number of aromatic nitrogens is 3. The van der Waals surface area contributed by atoms with Crippen molar-refractivity contribution in [3.8, 4) is 0 Å². The van der Waals surface area contributed by atoms with Crippen LogP contribution in [-0.4, -0.2) is 50.8 Å². The number of carbonyl (C=O) groups is 2. The van der Waals surface area contributed by atoms with E-state index in [1.807, 2.05) is 10.3 Å². The fourth-order valence-electron chi connectivity index (χ4n) is 2.23. The van der Waals surface area contributed by atoms with Gasteiger partial charge < -0.3 is 5.73 Å². The van der Waals surface area contributed by atoms with Gasteiger partial charge in [0, 0.05) is 6.54 Å². The molecule has 1 aliphatic rings. The van der Waals surface area contributed by atoms with Gasteiger partial charge in [0.1, 0.15) is 0 Å². The molecular formula is C10H17N7O2. The second-order valence-corrected chi connectivity index (χ2v) is 4.44. The summed E-state index contributed by atoms with van der Waals surface area (Å²) in [7, 11) is 0. The molecule has 2 heterocycles.